The quantitative estimate of drug-likeness (QED) is 0.209. The third kappa shape index (κ3) is 5.84. The lowest BCUT2D eigenvalue weighted by molar-refractivity contribution is -0.118. The molecule has 0 unspecified atom stereocenters. The highest BCUT2D eigenvalue weighted by Gasteiger charge is 2.17. The monoisotopic (exact) mass is 491 g/mol. The lowest BCUT2D eigenvalue weighted by atomic mass is 10.1. The molecule has 0 radical (unpaired) electrons. The molecule has 34 heavy (non-hydrogen) atoms. The molecule has 4 rings (SSSR count). The molecule has 7 nitrogen and oxygen atoms in total. The summed E-state index contributed by atoms with van der Waals surface area (Å²) < 4.78 is 7.21. The standard InChI is InChI=1S/C25H22ClN5O2S/c1-17-3-7-19(8-4-17)24-29-30-25(31(24)21-11-13-22(33-2)14-12-21)34-16-23(32)28-27-15-18-5-9-20(26)10-6-18/h3-15H,16H2,1-2H3,(H,28,32). The fourth-order valence-corrected chi connectivity index (χ4v) is 3.98. The first-order chi connectivity index (χ1) is 16.5. The molecule has 0 aliphatic carbocycles. The minimum Gasteiger partial charge on any atom is -0.497 e. The zero-order valence-corrected chi connectivity index (χ0v) is 20.2. The highest BCUT2D eigenvalue weighted by Crippen LogP contribution is 2.29. The fourth-order valence-electron chi connectivity index (χ4n) is 3.11. The Labute approximate surface area is 206 Å². The summed E-state index contributed by atoms with van der Waals surface area (Å²) in [6, 6.07) is 22.8. The Morgan fingerprint density at radius 3 is 2.44 bits per heavy atom. The molecule has 0 aliphatic rings. The molecule has 4 aromatic rings. The van der Waals surface area contributed by atoms with Crippen molar-refractivity contribution in [1.82, 2.24) is 20.2 Å². The largest absolute Gasteiger partial charge is 0.497 e. The number of aromatic nitrogens is 3. The summed E-state index contributed by atoms with van der Waals surface area (Å²) >= 11 is 7.16. The van der Waals surface area contributed by atoms with E-state index in [2.05, 4.69) is 20.7 Å². The molecule has 3 aromatic carbocycles. The molecule has 1 N–H and O–H groups in total. The number of aryl methyl sites for hydroxylation is 1. The third-order valence-corrected chi connectivity index (χ3v) is 6.06. The van der Waals surface area contributed by atoms with Gasteiger partial charge in [0.2, 0.25) is 0 Å². The van der Waals surface area contributed by atoms with Gasteiger partial charge >= 0.3 is 0 Å². The van der Waals surface area contributed by atoms with Crippen LogP contribution in [0.4, 0.5) is 0 Å². The molecule has 0 atom stereocenters. The van der Waals surface area contributed by atoms with Crippen LogP contribution in [0.25, 0.3) is 17.1 Å². The van der Waals surface area contributed by atoms with Crippen molar-refractivity contribution in [2.75, 3.05) is 12.9 Å². The van der Waals surface area contributed by atoms with E-state index in [1.807, 2.05) is 72.2 Å². The number of ether oxygens (including phenoxy) is 1. The zero-order valence-electron chi connectivity index (χ0n) is 18.6. The Bertz CT molecular complexity index is 1290. The number of benzene rings is 3. The number of carbonyl (C=O) groups is 1. The topological polar surface area (TPSA) is 81.4 Å². The first-order valence-electron chi connectivity index (χ1n) is 10.4. The van der Waals surface area contributed by atoms with E-state index in [4.69, 9.17) is 16.3 Å². The van der Waals surface area contributed by atoms with Gasteiger partial charge < -0.3 is 4.74 Å². The zero-order chi connectivity index (χ0) is 23.9. The Balaban J connectivity index is 1.52. The molecule has 0 saturated carbocycles. The van der Waals surface area contributed by atoms with Gasteiger partial charge in [-0.3, -0.25) is 9.36 Å². The van der Waals surface area contributed by atoms with E-state index in [9.17, 15) is 4.79 Å². The van der Waals surface area contributed by atoms with Crippen molar-refractivity contribution in [3.63, 3.8) is 0 Å². The van der Waals surface area contributed by atoms with Gasteiger partial charge in [0, 0.05) is 16.3 Å². The number of methoxy groups -OCH3 is 1. The number of carbonyl (C=O) groups excluding carboxylic acids is 1. The highest BCUT2D eigenvalue weighted by atomic mass is 35.5. The molecule has 0 spiro atoms. The van der Waals surface area contributed by atoms with Gasteiger partial charge in [-0.05, 0) is 48.9 Å². The predicted molar refractivity (Wildman–Crippen MR) is 136 cm³/mol. The van der Waals surface area contributed by atoms with E-state index in [-0.39, 0.29) is 11.7 Å². The third-order valence-electron chi connectivity index (χ3n) is 4.88. The number of amides is 1. The van der Waals surface area contributed by atoms with Gasteiger partial charge in [-0.15, -0.1) is 10.2 Å². The number of hydrazone groups is 1. The summed E-state index contributed by atoms with van der Waals surface area (Å²) in [5.74, 6) is 1.31. The fraction of sp³-hybridized carbons (Fsp3) is 0.120. The number of nitrogens with one attached hydrogen (secondary N) is 1. The van der Waals surface area contributed by atoms with Crippen molar-refractivity contribution in [3.8, 4) is 22.8 Å². The van der Waals surface area contributed by atoms with E-state index in [1.165, 1.54) is 11.8 Å². The molecule has 9 heteroatoms. The normalized spacial score (nSPS) is 11.0. The molecular formula is C25H22ClN5O2S. The van der Waals surface area contributed by atoms with Crippen molar-refractivity contribution < 1.29 is 9.53 Å². The average Bonchev–Trinajstić information content (AvgIpc) is 3.28. The van der Waals surface area contributed by atoms with E-state index in [0.29, 0.717) is 16.0 Å². The summed E-state index contributed by atoms with van der Waals surface area (Å²) in [6.45, 7) is 2.04. The molecule has 0 saturated heterocycles. The summed E-state index contributed by atoms with van der Waals surface area (Å²) in [6.07, 6.45) is 1.56. The number of nitrogens with zero attached hydrogens (tertiary/aromatic N) is 4. The number of thioether (sulfide) groups is 1. The van der Waals surface area contributed by atoms with Crippen LogP contribution in [-0.2, 0) is 4.79 Å². The van der Waals surface area contributed by atoms with Crippen molar-refractivity contribution in [1.29, 1.82) is 0 Å². The number of hydrogen-bond acceptors (Lipinski definition) is 6. The van der Waals surface area contributed by atoms with Crippen LogP contribution in [-0.4, -0.2) is 39.7 Å². The maximum atomic E-state index is 12.4. The molecule has 1 amide bonds. The van der Waals surface area contributed by atoms with Crippen LogP contribution in [0, 0.1) is 6.92 Å². The Morgan fingerprint density at radius 1 is 1.06 bits per heavy atom. The number of halogens is 1. The Hall–Kier alpha value is -3.62. The molecule has 0 fully saturated rings. The average molecular weight is 492 g/mol. The summed E-state index contributed by atoms with van der Waals surface area (Å²) in [7, 11) is 1.63. The molecule has 0 bridgehead atoms. The van der Waals surface area contributed by atoms with Crippen molar-refractivity contribution in [2.45, 2.75) is 12.1 Å². The lowest BCUT2D eigenvalue weighted by Crippen LogP contribution is -2.20. The minimum atomic E-state index is -0.253. The Kier molecular flexibility index (Phi) is 7.61. The second-order valence-electron chi connectivity index (χ2n) is 7.34. The number of hydrogen-bond donors (Lipinski definition) is 1. The van der Waals surface area contributed by atoms with Gasteiger partial charge in [-0.2, -0.15) is 5.10 Å². The molecule has 1 aromatic heterocycles. The van der Waals surface area contributed by atoms with Crippen LogP contribution in [0.5, 0.6) is 5.75 Å². The maximum absolute atomic E-state index is 12.4. The van der Waals surface area contributed by atoms with Crippen LogP contribution in [0.3, 0.4) is 0 Å². The molecule has 0 aliphatic heterocycles. The summed E-state index contributed by atoms with van der Waals surface area (Å²) in [4.78, 5) is 12.4. The Morgan fingerprint density at radius 2 is 1.76 bits per heavy atom. The van der Waals surface area contributed by atoms with Crippen LogP contribution in [0.15, 0.2) is 83.1 Å². The SMILES string of the molecule is COc1ccc(-n2c(SCC(=O)NN=Cc3ccc(Cl)cc3)nnc2-c2ccc(C)cc2)cc1. The summed E-state index contributed by atoms with van der Waals surface area (Å²) in [5, 5.41) is 14.0. The maximum Gasteiger partial charge on any atom is 0.250 e. The van der Waals surface area contributed by atoms with Gasteiger partial charge in [-0.1, -0.05) is 65.3 Å². The predicted octanol–water partition coefficient (Wildman–Crippen LogP) is 5.15. The van der Waals surface area contributed by atoms with Crippen molar-refractivity contribution >= 4 is 35.5 Å². The second kappa shape index (κ2) is 11.0. The van der Waals surface area contributed by atoms with Crippen LogP contribution < -0.4 is 10.2 Å². The smallest absolute Gasteiger partial charge is 0.250 e. The van der Waals surface area contributed by atoms with E-state index in [1.54, 1.807) is 25.5 Å². The first-order valence-corrected chi connectivity index (χ1v) is 11.8. The van der Waals surface area contributed by atoms with Crippen LogP contribution in [0.2, 0.25) is 5.02 Å². The van der Waals surface area contributed by atoms with E-state index in [0.717, 1.165) is 28.1 Å². The van der Waals surface area contributed by atoms with Crippen LogP contribution in [0.1, 0.15) is 11.1 Å². The van der Waals surface area contributed by atoms with Crippen molar-refractivity contribution in [2.24, 2.45) is 5.10 Å². The van der Waals surface area contributed by atoms with Gasteiger partial charge in [0.25, 0.3) is 5.91 Å². The van der Waals surface area contributed by atoms with Crippen molar-refractivity contribution in [3.05, 3.63) is 88.9 Å². The van der Waals surface area contributed by atoms with Crippen LogP contribution >= 0.6 is 23.4 Å². The summed E-state index contributed by atoms with van der Waals surface area (Å²) in [5.41, 5.74) is 6.32. The van der Waals surface area contributed by atoms with E-state index < -0.39 is 0 Å². The van der Waals surface area contributed by atoms with Gasteiger partial charge in [-0.25, -0.2) is 5.43 Å². The van der Waals surface area contributed by atoms with Gasteiger partial charge in [0.15, 0.2) is 11.0 Å². The molecule has 1 heterocycles. The second-order valence-corrected chi connectivity index (χ2v) is 8.72. The lowest BCUT2D eigenvalue weighted by Gasteiger charge is -2.11. The van der Waals surface area contributed by atoms with Gasteiger partial charge in [0.05, 0.1) is 19.1 Å². The highest BCUT2D eigenvalue weighted by molar-refractivity contribution is 7.99. The van der Waals surface area contributed by atoms with E-state index >= 15 is 0 Å². The minimum absolute atomic E-state index is 0.125. The first kappa shape index (κ1) is 23.5. The molecule has 172 valence electrons. The molecular weight excluding hydrogens is 470 g/mol. The van der Waals surface area contributed by atoms with Gasteiger partial charge in [0.1, 0.15) is 5.75 Å². The number of rotatable bonds is 8.